The van der Waals surface area contributed by atoms with Crippen LogP contribution in [0.1, 0.15) is 10.4 Å². The molecule has 0 aliphatic carbocycles. The minimum atomic E-state index is -0.289. The predicted molar refractivity (Wildman–Crippen MR) is 105 cm³/mol. The topological polar surface area (TPSA) is 73.6 Å². The molecule has 7 heteroatoms. The second-order valence-electron chi connectivity index (χ2n) is 5.69. The zero-order valence-electron chi connectivity index (χ0n) is 14.7. The summed E-state index contributed by atoms with van der Waals surface area (Å²) >= 11 is 1.35. The number of nitrogens with one attached hydrogen (secondary N) is 1. The number of nitrogens with zero attached hydrogens (tertiary/aromatic N) is 1. The number of carbonyl (C=O) groups excluding carboxylic acids is 1. The normalized spacial score (nSPS) is 10.7. The Labute approximate surface area is 159 Å². The third-order valence-corrected chi connectivity index (χ3v) is 4.82. The number of hydrogen-bond donors (Lipinski definition) is 1. The van der Waals surface area contributed by atoms with E-state index in [0.717, 1.165) is 11.3 Å². The van der Waals surface area contributed by atoms with Gasteiger partial charge >= 0.3 is 0 Å². The number of amides is 1. The van der Waals surface area contributed by atoms with Crippen LogP contribution in [0.4, 0.5) is 5.13 Å². The molecule has 0 spiro atoms. The van der Waals surface area contributed by atoms with Crippen molar-refractivity contribution in [3.8, 4) is 22.8 Å². The lowest BCUT2D eigenvalue weighted by Crippen LogP contribution is -2.12. The highest BCUT2D eigenvalue weighted by molar-refractivity contribution is 7.13. The van der Waals surface area contributed by atoms with Gasteiger partial charge in [0.2, 0.25) is 0 Å². The highest BCUT2D eigenvalue weighted by atomic mass is 32.1. The number of anilines is 1. The van der Waals surface area contributed by atoms with Gasteiger partial charge in [-0.25, -0.2) is 4.98 Å². The fraction of sp³-hybridized carbons (Fsp3) is 0.100. The highest BCUT2D eigenvalue weighted by Gasteiger charge is 2.23. The number of methoxy groups -OCH3 is 2. The van der Waals surface area contributed by atoms with E-state index >= 15 is 0 Å². The molecule has 27 heavy (non-hydrogen) atoms. The van der Waals surface area contributed by atoms with Crippen LogP contribution in [-0.2, 0) is 0 Å². The van der Waals surface area contributed by atoms with E-state index in [1.165, 1.54) is 11.3 Å². The van der Waals surface area contributed by atoms with Gasteiger partial charge in [0.1, 0.15) is 22.8 Å². The molecule has 136 valence electrons. The molecule has 0 saturated carbocycles. The third-order valence-electron chi connectivity index (χ3n) is 4.13. The van der Waals surface area contributed by atoms with Crippen LogP contribution in [0.5, 0.6) is 11.5 Å². The maximum atomic E-state index is 13.0. The van der Waals surface area contributed by atoms with Crippen molar-refractivity contribution in [2.45, 2.75) is 0 Å². The van der Waals surface area contributed by atoms with Crippen LogP contribution in [0, 0.1) is 0 Å². The minimum absolute atomic E-state index is 0.289. The van der Waals surface area contributed by atoms with Crippen LogP contribution in [0.2, 0.25) is 0 Å². The van der Waals surface area contributed by atoms with Crippen molar-refractivity contribution in [1.82, 2.24) is 4.98 Å². The third kappa shape index (κ3) is 3.24. The molecule has 0 radical (unpaired) electrons. The van der Waals surface area contributed by atoms with E-state index in [9.17, 15) is 4.79 Å². The first-order chi connectivity index (χ1) is 13.2. The van der Waals surface area contributed by atoms with Gasteiger partial charge in [0.25, 0.3) is 5.91 Å². The Balaban J connectivity index is 1.87. The number of aromatic nitrogens is 1. The van der Waals surface area contributed by atoms with Crippen LogP contribution in [-0.4, -0.2) is 25.1 Å². The molecule has 0 fully saturated rings. The van der Waals surface area contributed by atoms with Crippen molar-refractivity contribution in [1.29, 1.82) is 0 Å². The molecule has 4 rings (SSSR count). The Morgan fingerprint density at radius 2 is 1.81 bits per heavy atom. The summed E-state index contributed by atoms with van der Waals surface area (Å²) in [7, 11) is 3.19. The van der Waals surface area contributed by atoms with Crippen LogP contribution >= 0.6 is 11.3 Å². The molecular formula is C20H16N2O4S. The van der Waals surface area contributed by atoms with Gasteiger partial charge in [-0.3, -0.25) is 10.1 Å². The number of carbonyl (C=O) groups is 1. The average Bonchev–Trinajstić information content (AvgIpc) is 3.34. The van der Waals surface area contributed by atoms with Crippen molar-refractivity contribution >= 4 is 33.3 Å². The lowest BCUT2D eigenvalue weighted by Gasteiger charge is -2.05. The summed E-state index contributed by atoms with van der Waals surface area (Å²) in [5.74, 6) is 1.57. The first-order valence-electron chi connectivity index (χ1n) is 8.15. The first kappa shape index (κ1) is 17.1. The van der Waals surface area contributed by atoms with Gasteiger partial charge in [-0.05, 0) is 42.5 Å². The molecule has 0 saturated heterocycles. The molecule has 0 aliphatic heterocycles. The fourth-order valence-corrected chi connectivity index (χ4v) is 3.34. The standard InChI is InChI=1S/C20H16N2O4S/c1-24-13-5-3-12(4-6-13)18-17(19(23)22-20-21-9-10-27-20)15-11-14(25-2)7-8-16(15)26-18/h3-11H,1-2H3,(H,21,22,23). The molecule has 0 aliphatic rings. The first-order valence-corrected chi connectivity index (χ1v) is 9.03. The van der Waals surface area contributed by atoms with Crippen molar-refractivity contribution in [3.05, 3.63) is 59.6 Å². The Morgan fingerprint density at radius 3 is 2.48 bits per heavy atom. The van der Waals surface area contributed by atoms with Crippen LogP contribution in [0.25, 0.3) is 22.3 Å². The molecule has 6 nitrogen and oxygen atoms in total. The maximum absolute atomic E-state index is 13.0. The second kappa shape index (κ2) is 7.13. The maximum Gasteiger partial charge on any atom is 0.262 e. The summed E-state index contributed by atoms with van der Waals surface area (Å²) in [5, 5.41) is 5.83. The highest BCUT2D eigenvalue weighted by Crippen LogP contribution is 2.36. The van der Waals surface area contributed by atoms with Gasteiger partial charge in [0.05, 0.1) is 19.8 Å². The summed E-state index contributed by atoms with van der Waals surface area (Å²) in [6.45, 7) is 0. The molecule has 2 heterocycles. The number of thiazole rings is 1. The summed E-state index contributed by atoms with van der Waals surface area (Å²) in [6, 6.07) is 12.7. The van der Waals surface area contributed by atoms with Crippen molar-refractivity contribution < 1.29 is 18.7 Å². The summed E-state index contributed by atoms with van der Waals surface area (Å²) < 4.78 is 16.5. The van der Waals surface area contributed by atoms with Gasteiger partial charge in [-0.15, -0.1) is 11.3 Å². The molecule has 4 aromatic rings. The van der Waals surface area contributed by atoms with E-state index in [2.05, 4.69) is 10.3 Å². The van der Waals surface area contributed by atoms with Gasteiger partial charge in [0.15, 0.2) is 5.13 Å². The summed E-state index contributed by atoms with van der Waals surface area (Å²) in [5.41, 5.74) is 1.81. The molecule has 0 atom stereocenters. The lowest BCUT2D eigenvalue weighted by molar-refractivity contribution is 0.102. The molecular weight excluding hydrogens is 364 g/mol. The van der Waals surface area contributed by atoms with Gasteiger partial charge in [-0.1, -0.05) is 0 Å². The van der Waals surface area contributed by atoms with Crippen LogP contribution in [0.3, 0.4) is 0 Å². The van der Waals surface area contributed by atoms with Crippen molar-refractivity contribution in [2.24, 2.45) is 0 Å². The Bertz CT molecular complexity index is 1090. The summed E-state index contributed by atoms with van der Waals surface area (Å²) in [4.78, 5) is 17.2. The van der Waals surface area contributed by atoms with Crippen LogP contribution < -0.4 is 14.8 Å². The number of rotatable bonds is 5. The average molecular weight is 380 g/mol. The number of benzene rings is 2. The van der Waals surface area contributed by atoms with E-state index in [4.69, 9.17) is 13.9 Å². The molecule has 2 aromatic heterocycles. The van der Waals surface area contributed by atoms with Crippen molar-refractivity contribution in [2.75, 3.05) is 19.5 Å². The monoisotopic (exact) mass is 380 g/mol. The van der Waals surface area contributed by atoms with Crippen LogP contribution in [0.15, 0.2) is 58.5 Å². The smallest absolute Gasteiger partial charge is 0.262 e. The zero-order chi connectivity index (χ0) is 18.8. The molecule has 1 N–H and O–H groups in total. The van der Waals surface area contributed by atoms with E-state index in [-0.39, 0.29) is 5.91 Å². The molecule has 0 unspecified atom stereocenters. The fourth-order valence-electron chi connectivity index (χ4n) is 2.82. The van der Waals surface area contributed by atoms with Gasteiger partial charge in [0, 0.05) is 22.5 Å². The predicted octanol–water partition coefficient (Wildman–Crippen LogP) is 4.83. The van der Waals surface area contributed by atoms with Gasteiger partial charge in [-0.2, -0.15) is 0 Å². The van der Waals surface area contributed by atoms with E-state index in [1.807, 2.05) is 24.3 Å². The van der Waals surface area contributed by atoms with Crippen molar-refractivity contribution in [3.63, 3.8) is 0 Å². The summed E-state index contributed by atoms with van der Waals surface area (Å²) in [6.07, 6.45) is 1.64. The number of ether oxygens (including phenoxy) is 2. The lowest BCUT2D eigenvalue weighted by atomic mass is 10.0. The quantitative estimate of drug-likeness (QED) is 0.537. The van der Waals surface area contributed by atoms with E-state index < -0.39 is 0 Å². The second-order valence-corrected chi connectivity index (χ2v) is 6.58. The molecule has 2 aromatic carbocycles. The number of fused-ring (bicyclic) bond motifs is 1. The minimum Gasteiger partial charge on any atom is -0.497 e. The Morgan fingerprint density at radius 1 is 1.07 bits per heavy atom. The Hall–Kier alpha value is -3.32. The van der Waals surface area contributed by atoms with Gasteiger partial charge < -0.3 is 13.9 Å². The molecule has 1 amide bonds. The number of hydrogen-bond acceptors (Lipinski definition) is 6. The largest absolute Gasteiger partial charge is 0.497 e. The van der Waals surface area contributed by atoms with E-state index in [0.29, 0.717) is 33.2 Å². The molecule has 0 bridgehead atoms. The van der Waals surface area contributed by atoms with E-state index in [1.54, 1.807) is 44.0 Å². The number of furan rings is 1. The Kier molecular flexibility index (Phi) is 4.52. The zero-order valence-corrected chi connectivity index (χ0v) is 15.5. The SMILES string of the molecule is COc1ccc(-c2oc3ccc(OC)cc3c2C(=O)Nc2nccs2)cc1.